The molecule has 0 spiro atoms. The summed E-state index contributed by atoms with van der Waals surface area (Å²) in [7, 11) is 3.09. The third-order valence-corrected chi connectivity index (χ3v) is 2.16. The highest BCUT2D eigenvalue weighted by Gasteiger charge is 2.08. The summed E-state index contributed by atoms with van der Waals surface area (Å²) in [4.78, 5) is 11.6. The zero-order valence-corrected chi connectivity index (χ0v) is 10.6. The van der Waals surface area contributed by atoms with Gasteiger partial charge in [0.15, 0.2) is 0 Å². The smallest absolute Gasteiger partial charge is 0.250 e. The van der Waals surface area contributed by atoms with Gasteiger partial charge >= 0.3 is 0 Å². The van der Waals surface area contributed by atoms with Crippen LogP contribution in [0.5, 0.6) is 5.75 Å². The molecule has 6 heteroatoms. The summed E-state index contributed by atoms with van der Waals surface area (Å²) >= 11 is 0. The molecular weight excluding hydrogens is 236 g/mol. The summed E-state index contributed by atoms with van der Waals surface area (Å²) in [5, 5.41) is 2.67. The highest BCUT2D eigenvalue weighted by Crippen LogP contribution is 2.26. The van der Waals surface area contributed by atoms with E-state index >= 15 is 0 Å². The molecule has 18 heavy (non-hydrogen) atoms. The molecule has 3 N–H and O–H groups in total. The monoisotopic (exact) mass is 254 g/mol. The Bertz CT molecular complexity index is 396. The molecule has 0 saturated heterocycles. The Morgan fingerprint density at radius 3 is 2.78 bits per heavy atom. The van der Waals surface area contributed by atoms with E-state index in [1.807, 2.05) is 0 Å². The van der Waals surface area contributed by atoms with Gasteiger partial charge in [-0.15, -0.1) is 0 Å². The van der Waals surface area contributed by atoms with Crippen molar-refractivity contribution in [2.24, 2.45) is 0 Å². The second kappa shape index (κ2) is 7.52. The fourth-order valence-electron chi connectivity index (χ4n) is 1.32. The molecular formula is C12H18N2O4. The van der Waals surface area contributed by atoms with Gasteiger partial charge in [-0.05, 0) is 18.2 Å². The molecule has 0 bridgehead atoms. The zero-order valence-electron chi connectivity index (χ0n) is 10.6. The summed E-state index contributed by atoms with van der Waals surface area (Å²) < 4.78 is 15.0. The van der Waals surface area contributed by atoms with Crippen LogP contribution in [0.1, 0.15) is 0 Å². The molecule has 1 aromatic carbocycles. The van der Waals surface area contributed by atoms with Crippen LogP contribution in [0.4, 0.5) is 11.4 Å². The molecule has 0 saturated carbocycles. The first-order valence-corrected chi connectivity index (χ1v) is 5.47. The molecule has 1 rings (SSSR count). The Hall–Kier alpha value is -1.79. The molecule has 1 aromatic rings. The molecule has 0 unspecified atom stereocenters. The van der Waals surface area contributed by atoms with E-state index in [0.717, 1.165) is 0 Å². The van der Waals surface area contributed by atoms with Crippen molar-refractivity contribution in [3.63, 3.8) is 0 Å². The van der Waals surface area contributed by atoms with Crippen molar-refractivity contribution in [1.82, 2.24) is 0 Å². The fourth-order valence-corrected chi connectivity index (χ4v) is 1.32. The van der Waals surface area contributed by atoms with Crippen LogP contribution in [-0.4, -0.2) is 39.9 Å². The van der Waals surface area contributed by atoms with Crippen molar-refractivity contribution in [3.8, 4) is 5.75 Å². The van der Waals surface area contributed by atoms with E-state index < -0.39 is 0 Å². The van der Waals surface area contributed by atoms with Gasteiger partial charge in [0, 0.05) is 12.8 Å². The second-order valence-corrected chi connectivity index (χ2v) is 3.55. The van der Waals surface area contributed by atoms with Gasteiger partial charge in [0.25, 0.3) is 0 Å². The number of hydrogen-bond donors (Lipinski definition) is 2. The van der Waals surface area contributed by atoms with Gasteiger partial charge in [-0.2, -0.15) is 0 Å². The highest BCUT2D eigenvalue weighted by molar-refractivity contribution is 5.93. The maximum Gasteiger partial charge on any atom is 0.250 e. The Balaban J connectivity index is 2.50. The molecule has 0 radical (unpaired) electrons. The number of carbonyl (C=O) groups is 1. The van der Waals surface area contributed by atoms with Crippen LogP contribution >= 0.6 is 0 Å². The van der Waals surface area contributed by atoms with Crippen molar-refractivity contribution in [3.05, 3.63) is 18.2 Å². The first-order chi connectivity index (χ1) is 8.67. The lowest BCUT2D eigenvalue weighted by molar-refractivity contribution is -0.121. The Kier molecular flexibility index (Phi) is 5.96. The van der Waals surface area contributed by atoms with Gasteiger partial charge in [0.1, 0.15) is 12.4 Å². The van der Waals surface area contributed by atoms with Crippen molar-refractivity contribution < 1.29 is 19.0 Å². The first kappa shape index (κ1) is 14.3. The molecule has 1 amide bonds. The van der Waals surface area contributed by atoms with Crippen LogP contribution in [-0.2, 0) is 14.3 Å². The summed E-state index contributed by atoms with van der Waals surface area (Å²) in [6, 6.07) is 5.02. The molecule has 6 nitrogen and oxygen atoms in total. The Morgan fingerprint density at radius 2 is 2.11 bits per heavy atom. The lowest BCUT2D eigenvalue weighted by Crippen LogP contribution is -2.20. The Morgan fingerprint density at radius 1 is 1.33 bits per heavy atom. The molecule has 100 valence electrons. The van der Waals surface area contributed by atoms with Crippen LogP contribution in [0.2, 0.25) is 0 Å². The molecule has 0 fully saturated rings. The van der Waals surface area contributed by atoms with Gasteiger partial charge < -0.3 is 25.3 Å². The molecule has 0 aliphatic carbocycles. The second-order valence-electron chi connectivity index (χ2n) is 3.55. The molecule has 0 aromatic heterocycles. The van der Waals surface area contributed by atoms with Crippen LogP contribution < -0.4 is 15.8 Å². The van der Waals surface area contributed by atoms with Crippen LogP contribution in [0.25, 0.3) is 0 Å². The minimum atomic E-state index is -0.269. The topological polar surface area (TPSA) is 82.8 Å². The zero-order chi connectivity index (χ0) is 13.4. The average Bonchev–Trinajstić information content (AvgIpc) is 2.35. The standard InChI is InChI=1S/C12H18N2O4/c1-16-5-6-18-8-12(15)14-10-7-9(13)3-4-11(10)17-2/h3-4,7H,5-6,8,13H2,1-2H3,(H,14,15). The largest absolute Gasteiger partial charge is 0.495 e. The van der Waals surface area contributed by atoms with Crippen molar-refractivity contribution in [1.29, 1.82) is 0 Å². The van der Waals surface area contributed by atoms with E-state index in [1.54, 1.807) is 25.3 Å². The number of rotatable bonds is 7. The first-order valence-electron chi connectivity index (χ1n) is 5.47. The minimum Gasteiger partial charge on any atom is -0.495 e. The van der Waals surface area contributed by atoms with Gasteiger partial charge in [-0.1, -0.05) is 0 Å². The predicted molar refractivity (Wildman–Crippen MR) is 68.7 cm³/mol. The van der Waals surface area contributed by atoms with E-state index in [2.05, 4.69) is 5.32 Å². The quantitative estimate of drug-likeness (QED) is 0.557. The minimum absolute atomic E-state index is 0.0404. The van der Waals surface area contributed by atoms with Crippen LogP contribution in [0, 0.1) is 0 Å². The van der Waals surface area contributed by atoms with E-state index in [1.165, 1.54) is 7.11 Å². The van der Waals surface area contributed by atoms with Gasteiger partial charge in [0.05, 0.1) is 26.0 Å². The number of nitrogens with one attached hydrogen (secondary N) is 1. The van der Waals surface area contributed by atoms with E-state index in [4.69, 9.17) is 19.9 Å². The molecule has 0 atom stereocenters. The number of nitrogen functional groups attached to an aromatic ring is 1. The molecule has 0 aliphatic rings. The number of carbonyl (C=O) groups excluding carboxylic acids is 1. The maximum absolute atomic E-state index is 11.6. The number of anilines is 2. The highest BCUT2D eigenvalue weighted by atomic mass is 16.5. The maximum atomic E-state index is 11.6. The summed E-state index contributed by atoms with van der Waals surface area (Å²) in [6.07, 6.45) is 0. The number of hydrogen-bond acceptors (Lipinski definition) is 5. The summed E-state index contributed by atoms with van der Waals surface area (Å²) in [6.45, 7) is 0.786. The molecule has 0 aliphatic heterocycles. The number of amides is 1. The van der Waals surface area contributed by atoms with Gasteiger partial charge in [-0.3, -0.25) is 4.79 Å². The van der Waals surface area contributed by atoms with Crippen LogP contribution in [0.3, 0.4) is 0 Å². The van der Waals surface area contributed by atoms with Gasteiger partial charge in [-0.25, -0.2) is 0 Å². The lowest BCUT2D eigenvalue weighted by Gasteiger charge is -2.11. The fraction of sp³-hybridized carbons (Fsp3) is 0.417. The summed E-state index contributed by atoms with van der Waals surface area (Å²) in [5.74, 6) is 0.282. The Labute approximate surface area is 106 Å². The third-order valence-electron chi connectivity index (χ3n) is 2.16. The summed E-state index contributed by atoms with van der Waals surface area (Å²) in [5.41, 5.74) is 6.72. The normalized spacial score (nSPS) is 10.1. The number of benzene rings is 1. The van der Waals surface area contributed by atoms with E-state index in [-0.39, 0.29) is 12.5 Å². The predicted octanol–water partition coefficient (Wildman–Crippen LogP) is 0.879. The van der Waals surface area contributed by atoms with Crippen molar-refractivity contribution in [2.45, 2.75) is 0 Å². The third kappa shape index (κ3) is 4.60. The van der Waals surface area contributed by atoms with E-state index in [0.29, 0.717) is 30.3 Å². The number of nitrogens with two attached hydrogens (primary N) is 1. The van der Waals surface area contributed by atoms with Crippen molar-refractivity contribution >= 4 is 17.3 Å². The van der Waals surface area contributed by atoms with E-state index in [9.17, 15) is 4.79 Å². The average molecular weight is 254 g/mol. The SMILES string of the molecule is COCCOCC(=O)Nc1cc(N)ccc1OC. The number of methoxy groups -OCH3 is 2. The number of ether oxygens (including phenoxy) is 3. The molecule has 0 heterocycles. The van der Waals surface area contributed by atoms with Crippen molar-refractivity contribution in [2.75, 3.05) is 45.1 Å². The van der Waals surface area contributed by atoms with Gasteiger partial charge in [0.2, 0.25) is 5.91 Å². The van der Waals surface area contributed by atoms with Crippen LogP contribution in [0.15, 0.2) is 18.2 Å². The lowest BCUT2D eigenvalue weighted by atomic mass is 10.2.